The molecule has 0 aromatic heterocycles. The molecule has 0 aliphatic carbocycles. The van der Waals surface area contributed by atoms with E-state index in [1.807, 2.05) is 6.92 Å². The molecule has 0 radical (unpaired) electrons. The quantitative estimate of drug-likeness (QED) is 0.566. The van der Waals surface area contributed by atoms with Crippen LogP contribution in [0.5, 0.6) is 0 Å². The van der Waals surface area contributed by atoms with Gasteiger partial charge in [0.05, 0.1) is 6.42 Å². The first kappa shape index (κ1) is 13.0. The zero-order chi connectivity index (χ0) is 11.8. The van der Waals surface area contributed by atoms with Crippen molar-refractivity contribution in [2.75, 3.05) is 11.5 Å². The van der Waals surface area contributed by atoms with Crippen molar-refractivity contribution in [2.45, 2.75) is 20.0 Å². The zero-order valence-corrected chi connectivity index (χ0v) is 10.1. The highest BCUT2D eigenvalue weighted by Crippen LogP contribution is 2.09. The minimum Gasteiger partial charge on any atom is -0.461 e. The second-order valence-corrected chi connectivity index (χ2v) is 4.59. The van der Waals surface area contributed by atoms with Crippen molar-refractivity contribution >= 4 is 17.7 Å². The number of halogens is 1. The van der Waals surface area contributed by atoms with Gasteiger partial charge in [-0.25, -0.2) is 4.39 Å². The second-order valence-electron chi connectivity index (χ2n) is 3.20. The Balaban J connectivity index is 2.29. The molecule has 0 heterocycles. The van der Waals surface area contributed by atoms with Gasteiger partial charge < -0.3 is 4.74 Å². The maximum Gasteiger partial charge on any atom is 0.306 e. The normalized spacial score (nSPS) is 10.1. The van der Waals surface area contributed by atoms with Crippen LogP contribution < -0.4 is 0 Å². The molecular weight excluding hydrogens is 227 g/mol. The van der Waals surface area contributed by atoms with Crippen LogP contribution >= 0.6 is 11.8 Å². The van der Waals surface area contributed by atoms with Crippen molar-refractivity contribution in [1.29, 1.82) is 0 Å². The molecule has 0 saturated heterocycles. The molecule has 0 bridgehead atoms. The van der Waals surface area contributed by atoms with E-state index < -0.39 is 0 Å². The molecule has 0 saturated carbocycles. The summed E-state index contributed by atoms with van der Waals surface area (Å²) in [5.74, 6) is 1.13. The van der Waals surface area contributed by atoms with Gasteiger partial charge in [0, 0.05) is 11.3 Å². The Morgan fingerprint density at radius 2 is 2.19 bits per heavy atom. The third-order valence-corrected chi connectivity index (χ3v) is 2.90. The Kier molecular flexibility index (Phi) is 5.93. The highest BCUT2D eigenvalue weighted by Gasteiger charge is 2.05. The summed E-state index contributed by atoms with van der Waals surface area (Å²) in [6, 6.07) is 6.30. The lowest BCUT2D eigenvalue weighted by Crippen LogP contribution is -2.06. The number of hydrogen-bond donors (Lipinski definition) is 0. The van der Waals surface area contributed by atoms with Crippen LogP contribution in [-0.4, -0.2) is 17.5 Å². The number of benzene rings is 1. The van der Waals surface area contributed by atoms with E-state index >= 15 is 0 Å². The van der Waals surface area contributed by atoms with Crippen LogP contribution in [0.4, 0.5) is 4.39 Å². The van der Waals surface area contributed by atoms with Crippen LogP contribution in [0.25, 0.3) is 0 Å². The van der Waals surface area contributed by atoms with Gasteiger partial charge in [-0.1, -0.05) is 25.1 Å². The maximum absolute atomic E-state index is 13.2. The fourth-order valence-electron chi connectivity index (χ4n) is 1.15. The van der Waals surface area contributed by atoms with Crippen molar-refractivity contribution in [3.05, 3.63) is 35.6 Å². The summed E-state index contributed by atoms with van der Waals surface area (Å²) < 4.78 is 18.1. The van der Waals surface area contributed by atoms with Gasteiger partial charge in [-0.2, -0.15) is 11.8 Å². The van der Waals surface area contributed by atoms with Crippen LogP contribution in [0.2, 0.25) is 0 Å². The summed E-state index contributed by atoms with van der Waals surface area (Å²) in [6.45, 7) is 2.05. The number of ether oxygens (including phenoxy) is 1. The Bertz CT molecular complexity index is 342. The third kappa shape index (κ3) is 4.66. The average molecular weight is 242 g/mol. The maximum atomic E-state index is 13.2. The molecule has 1 aromatic rings. The molecule has 2 nitrogen and oxygen atoms in total. The minimum absolute atomic E-state index is 0.0162. The third-order valence-electron chi connectivity index (χ3n) is 2.00. The Hall–Kier alpha value is -1.03. The van der Waals surface area contributed by atoms with Crippen LogP contribution in [0.1, 0.15) is 18.9 Å². The molecule has 0 spiro atoms. The van der Waals surface area contributed by atoms with Gasteiger partial charge >= 0.3 is 5.97 Å². The number of carbonyl (C=O) groups excluding carboxylic acids is 1. The van der Waals surface area contributed by atoms with Gasteiger partial charge in [0.1, 0.15) is 12.4 Å². The first-order chi connectivity index (χ1) is 7.74. The summed E-state index contributed by atoms with van der Waals surface area (Å²) in [5.41, 5.74) is 0.416. The molecule has 0 atom stereocenters. The summed E-state index contributed by atoms with van der Waals surface area (Å²) >= 11 is 1.69. The van der Waals surface area contributed by atoms with Crippen LogP contribution in [0, 0.1) is 5.82 Å². The lowest BCUT2D eigenvalue weighted by Gasteiger charge is -2.05. The lowest BCUT2D eigenvalue weighted by molar-refractivity contribution is -0.144. The first-order valence-electron chi connectivity index (χ1n) is 5.20. The van der Waals surface area contributed by atoms with Crippen molar-refractivity contribution in [3.63, 3.8) is 0 Å². The number of rotatable bonds is 6. The van der Waals surface area contributed by atoms with Crippen molar-refractivity contribution in [1.82, 2.24) is 0 Å². The smallest absolute Gasteiger partial charge is 0.306 e. The second kappa shape index (κ2) is 7.28. The molecule has 0 fully saturated rings. The van der Waals surface area contributed by atoms with Gasteiger partial charge in [0.25, 0.3) is 0 Å². The Labute approximate surface area is 99.2 Å². The largest absolute Gasteiger partial charge is 0.461 e. The standard InChI is InChI=1S/C12H15FO2S/c1-2-16-8-7-12(14)15-9-10-5-3-4-6-11(10)13/h3-6H,2,7-9H2,1H3. The highest BCUT2D eigenvalue weighted by molar-refractivity contribution is 7.99. The summed E-state index contributed by atoms with van der Waals surface area (Å²) in [4.78, 5) is 11.2. The zero-order valence-electron chi connectivity index (χ0n) is 9.24. The fourth-order valence-corrected chi connectivity index (χ4v) is 1.75. The number of thioether (sulfide) groups is 1. The van der Waals surface area contributed by atoms with Gasteiger partial charge in [0.2, 0.25) is 0 Å². The minimum atomic E-state index is -0.335. The van der Waals surface area contributed by atoms with Crippen LogP contribution in [-0.2, 0) is 16.1 Å². The highest BCUT2D eigenvalue weighted by atomic mass is 32.2. The van der Waals surface area contributed by atoms with Crippen LogP contribution in [0.3, 0.4) is 0 Å². The van der Waals surface area contributed by atoms with E-state index in [1.54, 1.807) is 30.0 Å². The molecule has 0 N–H and O–H groups in total. The first-order valence-corrected chi connectivity index (χ1v) is 6.36. The van der Waals surface area contributed by atoms with E-state index in [9.17, 15) is 9.18 Å². The van der Waals surface area contributed by atoms with Gasteiger partial charge in [-0.15, -0.1) is 0 Å². The number of esters is 1. The molecule has 88 valence electrons. The number of hydrogen-bond acceptors (Lipinski definition) is 3. The lowest BCUT2D eigenvalue weighted by atomic mass is 10.2. The van der Waals surface area contributed by atoms with E-state index in [1.165, 1.54) is 6.07 Å². The summed E-state index contributed by atoms with van der Waals surface area (Å²) in [5, 5.41) is 0. The molecule has 0 unspecified atom stereocenters. The van der Waals surface area contributed by atoms with Crippen molar-refractivity contribution < 1.29 is 13.9 Å². The SMILES string of the molecule is CCSCCC(=O)OCc1ccccc1F. The van der Waals surface area contributed by atoms with Crippen LogP contribution in [0.15, 0.2) is 24.3 Å². The van der Waals surface area contributed by atoms with Gasteiger partial charge in [-0.05, 0) is 11.8 Å². The van der Waals surface area contributed by atoms with E-state index in [4.69, 9.17) is 4.74 Å². The molecule has 0 aliphatic rings. The molecule has 0 amide bonds. The van der Waals surface area contributed by atoms with E-state index in [0.717, 1.165) is 11.5 Å². The van der Waals surface area contributed by atoms with E-state index in [0.29, 0.717) is 12.0 Å². The Morgan fingerprint density at radius 3 is 2.88 bits per heavy atom. The topological polar surface area (TPSA) is 26.3 Å². The summed E-state index contributed by atoms with van der Waals surface area (Å²) in [7, 11) is 0. The van der Waals surface area contributed by atoms with Gasteiger partial charge in [-0.3, -0.25) is 4.79 Å². The molecule has 4 heteroatoms. The average Bonchev–Trinajstić information content (AvgIpc) is 2.28. The van der Waals surface area contributed by atoms with Crippen molar-refractivity contribution in [2.24, 2.45) is 0 Å². The predicted octanol–water partition coefficient (Wildman–Crippen LogP) is 3.01. The molecule has 1 rings (SSSR count). The Morgan fingerprint density at radius 1 is 1.44 bits per heavy atom. The summed E-state index contributed by atoms with van der Waals surface area (Å²) in [6.07, 6.45) is 0.382. The molecule has 1 aromatic carbocycles. The van der Waals surface area contributed by atoms with E-state index in [-0.39, 0.29) is 18.4 Å². The molecular formula is C12H15FO2S. The molecule has 0 aliphatic heterocycles. The number of carbonyl (C=O) groups is 1. The monoisotopic (exact) mass is 242 g/mol. The van der Waals surface area contributed by atoms with E-state index in [2.05, 4.69) is 0 Å². The fraction of sp³-hybridized carbons (Fsp3) is 0.417. The molecule has 16 heavy (non-hydrogen) atoms. The van der Waals surface area contributed by atoms with Gasteiger partial charge in [0.15, 0.2) is 0 Å². The predicted molar refractivity (Wildman–Crippen MR) is 63.8 cm³/mol. The van der Waals surface area contributed by atoms with Crippen molar-refractivity contribution in [3.8, 4) is 0 Å².